The van der Waals surface area contributed by atoms with Gasteiger partial charge in [-0.1, -0.05) is 0 Å². The molecule has 152 valence electrons. The van der Waals surface area contributed by atoms with Crippen LogP contribution in [0.4, 0.5) is 0 Å². The van der Waals surface area contributed by atoms with Crippen molar-refractivity contribution in [1.82, 2.24) is 4.90 Å². The summed E-state index contributed by atoms with van der Waals surface area (Å²) >= 11 is 0. The Morgan fingerprint density at radius 2 is 1.85 bits per heavy atom. The molecule has 0 aromatic carbocycles. The maximum atomic E-state index is 12.9. The van der Waals surface area contributed by atoms with Gasteiger partial charge in [-0.05, 0) is 63.7 Å². The molecule has 1 amide bonds. The fourth-order valence-electron chi connectivity index (χ4n) is 6.48. The monoisotopic (exact) mass is 399 g/mol. The molecule has 0 aromatic rings. The molecule has 8 heteroatoms. The summed E-state index contributed by atoms with van der Waals surface area (Å²) in [5.74, 6) is 0.132. The molecule has 0 aromatic heterocycles. The minimum Gasteiger partial charge on any atom is -0.455 e. The normalized spacial score (nSPS) is 41.5. The molecule has 5 aliphatic rings. The van der Waals surface area contributed by atoms with Crippen LogP contribution in [0.5, 0.6) is 0 Å². The molecule has 0 spiro atoms. The van der Waals surface area contributed by atoms with Crippen molar-refractivity contribution < 1.29 is 27.9 Å². The van der Waals surface area contributed by atoms with Gasteiger partial charge in [0.1, 0.15) is 0 Å². The molecule has 27 heavy (non-hydrogen) atoms. The molecule has 0 radical (unpaired) electrons. The third-order valence-corrected chi connectivity index (χ3v) is 8.85. The molecular weight excluding hydrogens is 370 g/mol. The Kier molecular flexibility index (Phi) is 4.57. The Labute approximate surface area is 160 Å². The summed E-state index contributed by atoms with van der Waals surface area (Å²) in [5.41, 5.74) is -1.40. The molecule has 1 heterocycles. The third kappa shape index (κ3) is 3.50. The van der Waals surface area contributed by atoms with E-state index >= 15 is 0 Å². The van der Waals surface area contributed by atoms with E-state index in [0.29, 0.717) is 31.2 Å². The highest BCUT2D eigenvalue weighted by Gasteiger charge is 2.61. The van der Waals surface area contributed by atoms with Crippen molar-refractivity contribution in [2.45, 2.75) is 63.5 Å². The first-order valence-corrected chi connectivity index (χ1v) is 11.9. The zero-order valence-electron chi connectivity index (χ0n) is 15.9. The molecule has 5 rings (SSSR count). The number of hydrogen-bond donors (Lipinski definition) is 1. The van der Waals surface area contributed by atoms with Crippen LogP contribution in [0.1, 0.15) is 51.9 Å². The van der Waals surface area contributed by atoms with E-state index in [-0.39, 0.29) is 36.0 Å². The Hall–Kier alpha value is -1.15. The van der Waals surface area contributed by atoms with E-state index in [2.05, 4.69) is 0 Å². The van der Waals surface area contributed by atoms with Gasteiger partial charge in [0.05, 0.1) is 22.5 Å². The first-order valence-electron chi connectivity index (χ1n) is 10.0. The van der Waals surface area contributed by atoms with Crippen LogP contribution in [0.15, 0.2) is 0 Å². The largest absolute Gasteiger partial charge is 0.455 e. The third-order valence-electron chi connectivity index (χ3n) is 7.10. The fraction of sp³-hybridized carbons (Fsp3) is 0.895. The van der Waals surface area contributed by atoms with Crippen molar-refractivity contribution >= 4 is 21.7 Å². The van der Waals surface area contributed by atoms with Gasteiger partial charge in [-0.25, -0.2) is 8.42 Å². The molecule has 1 aliphatic heterocycles. The van der Waals surface area contributed by atoms with Crippen LogP contribution >= 0.6 is 0 Å². The van der Waals surface area contributed by atoms with Crippen LogP contribution in [-0.4, -0.2) is 66.6 Å². The lowest BCUT2D eigenvalue weighted by Gasteiger charge is -2.58. The number of rotatable bonds is 5. The van der Waals surface area contributed by atoms with E-state index in [0.717, 1.165) is 32.1 Å². The van der Waals surface area contributed by atoms with Gasteiger partial charge in [0.25, 0.3) is 5.91 Å². The summed E-state index contributed by atoms with van der Waals surface area (Å²) in [7, 11) is -3.08. The molecule has 1 saturated heterocycles. The quantitative estimate of drug-likeness (QED) is 0.689. The lowest BCUT2D eigenvalue weighted by Crippen LogP contribution is -2.58. The molecule has 5 fully saturated rings. The van der Waals surface area contributed by atoms with Crippen molar-refractivity contribution in [1.29, 1.82) is 0 Å². The molecule has 4 bridgehead atoms. The van der Waals surface area contributed by atoms with E-state index in [1.807, 2.05) is 0 Å². The van der Waals surface area contributed by atoms with Crippen molar-refractivity contribution in [2.24, 2.45) is 17.3 Å². The second kappa shape index (κ2) is 6.44. The van der Waals surface area contributed by atoms with Gasteiger partial charge in [-0.3, -0.25) is 9.59 Å². The van der Waals surface area contributed by atoms with Crippen molar-refractivity contribution in [3.8, 4) is 0 Å². The zero-order chi connectivity index (χ0) is 19.4. The number of aliphatic hydroxyl groups is 1. The number of carbonyl (C=O) groups excluding carboxylic acids is 2. The fourth-order valence-corrected chi connectivity index (χ4v) is 8.21. The maximum absolute atomic E-state index is 12.9. The van der Waals surface area contributed by atoms with Gasteiger partial charge < -0.3 is 14.7 Å². The summed E-state index contributed by atoms with van der Waals surface area (Å²) in [6.07, 6.45) is 5.01. The molecule has 7 nitrogen and oxygen atoms in total. The number of amides is 1. The van der Waals surface area contributed by atoms with Crippen LogP contribution in [0.2, 0.25) is 0 Å². The summed E-state index contributed by atoms with van der Waals surface area (Å²) in [6.45, 7) is 1.85. The predicted molar refractivity (Wildman–Crippen MR) is 97.5 cm³/mol. The lowest BCUT2D eigenvalue weighted by atomic mass is 9.48. The Morgan fingerprint density at radius 1 is 1.19 bits per heavy atom. The average molecular weight is 400 g/mol. The number of esters is 1. The number of ether oxygens (including phenoxy) is 1. The van der Waals surface area contributed by atoms with E-state index in [4.69, 9.17) is 4.74 Å². The summed E-state index contributed by atoms with van der Waals surface area (Å²) in [5, 5.41) is 10.8. The molecule has 1 N–H and O–H groups in total. The van der Waals surface area contributed by atoms with Crippen LogP contribution < -0.4 is 0 Å². The SMILES string of the molecule is CCN(C(=O)COC(=O)C12C[C@H]3C[C@@H](CC(O)(C3)C1)C2)[C@@H]1CCS(=O)(=O)C1. The minimum atomic E-state index is -3.08. The number of nitrogens with zero attached hydrogens (tertiary/aromatic N) is 1. The van der Waals surface area contributed by atoms with Crippen LogP contribution in [-0.2, 0) is 24.2 Å². The van der Waals surface area contributed by atoms with Crippen LogP contribution in [0.25, 0.3) is 0 Å². The number of carbonyl (C=O) groups is 2. The first kappa shape index (κ1) is 19.2. The second-order valence-electron chi connectivity index (χ2n) is 9.28. The summed E-state index contributed by atoms with van der Waals surface area (Å²) in [6, 6.07) is -0.327. The van der Waals surface area contributed by atoms with E-state index in [1.165, 1.54) is 4.90 Å². The van der Waals surface area contributed by atoms with Gasteiger partial charge in [-0.15, -0.1) is 0 Å². The lowest BCUT2D eigenvalue weighted by molar-refractivity contribution is -0.197. The summed E-state index contributed by atoms with van der Waals surface area (Å²) < 4.78 is 28.8. The highest BCUT2D eigenvalue weighted by Crippen LogP contribution is 2.61. The first-order chi connectivity index (χ1) is 12.6. The van der Waals surface area contributed by atoms with E-state index in [9.17, 15) is 23.1 Å². The second-order valence-corrected chi connectivity index (χ2v) is 11.5. The summed E-state index contributed by atoms with van der Waals surface area (Å²) in [4.78, 5) is 27.0. The van der Waals surface area contributed by atoms with Gasteiger partial charge in [0.15, 0.2) is 16.4 Å². The zero-order valence-corrected chi connectivity index (χ0v) is 16.7. The minimum absolute atomic E-state index is 0.0130. The number of sulfone groups is 1. The van der Waals surface area contributed by atoms with Crippen molar-refractivity contribution in [2.75, 3.05) is 24.7 Å². The molecule has 4 saturated carbocycles. The van der Waals surface area contributed by atoms with E-state index in [1.54, 1.807) is 6.92 Å². The van der Waals surface area contributed by atoms with Crippen LogP contribution in [0.3, 0.4) is 0 Å². The van der Waals surface area contributed by atoms with Gasteiger partial charge in [-0.2, -0.15) is 0 Å². The Bertz CT molecular complexity index is 733. The molecule has 3 atom stereocenters. The predicted octanol–water partition coefficient (Wildman–Crippen LogP) is 0.896. The Balaban J connectivity index is 1.38. The van der Waals surface area contributed by atoms with E-state index < -0.39 is 20.9 Å². The average Bonchev–Trinajstić information content (AvgIpc) is 2.90. The Morgan fingerprint density at radius 3 is 2.37 bits per heavy atom. The number of hydrogen-bond acceptors (Lipinski definition) is 6. The van der Waals surface area contributed by atoms with Gasteiger partial charge in [0.2, 0.25) is 0 Å². The van der Waals surface area contributed by atoms with Gasteiger partial charge in [0, 0.05) is 12.6 Å². The standard InChI is InChI=1S/C19H29NO6S/c1-2-20(15-3-4-27(24,25)11-15)16(21)10-26-17(22)18-6-13-5-14(7-18)9-19(23,8-13)12-18/h13-15,23H,2-12H2,1H3/t13-,14-,15-,18?,19?/m1/s1. The smallest absolute Gasteiger partial charge is 0.312 e. The van der Waals surface area contributed by atoms with Crippen molar-refractivity contribution in [3.63, 3.8) is 0 Å². The molecule has 4 aliphatic carbocycles. The maximum Gasteiger partial charge on any atom is 0.312 e. The highest BCUT2D eigenvalue weighted by molar-refractivity contribution is 7.91. The van der Waals surface area contributed by atoms with Crippen molar-refractivity contribution in [3.05, 3.63) is 0 Å². The highest BCUT2D eigenvalue weighted by atomic mass is 32.2. The topological polar surface area (TPSA) is 101 Å². The molecule has 0 unspecified atom stereocenters. The van der Waals surface area contributed by atoms with Gasteiger partial charge >= 0.3 is 5.97 Å². The van der Waals surface area contributed by atoms with Crippen LogP contribution in [0, 0.1) is 17.3 Å². The molecular formula is C19H29NO6S. The number of likely N-dealkylation sites (N-methyl/N-ethyl adjacent to an activating group) is 1.